The fourth-order valence-corrected chi connectivity index (χ4v) is 0.919. The first-order valence-electron chi connectivity index (χ1n) is 3.71. The zero-order valence-corrected chi connectivity index (χ0v) is 7.85. The van der Waals surface area contributed by atoms with E-state index in [9.17, 15) is 4.79 Å². The van der Waals surface area contributed by atoms with E-state index in [1.54, 1.807) is 31.2 Å². The summed E-state index contributed by atoms with van der Waals surface area (Å²) in [5, 5.41) is 3.03. The van der Waals surface area contributed by atoms with Gasteiger partial charge < -0.3 is 0 Å². The zero-order chi connectivity index (χ0) is 9.68. The van der Waals surface area contributed by atoms with Crippen molar-refractivity contribution in [1.82, 2.24) is 5.32 Å². The van der Waals surface area contributed by atoms with Crippen LogP contribution in [0.2, 0.25) is 5.02 Å². The Hall–Kier alpha value is -1.46. The second-order valence-electron chi connectivity index (χ2n) is 2.34. The van der Waals surface area contributed by atoms with Crippen molar-refractivity contribution < 1.29 is 4.79 Å². The van der Waals surface area contributed by atoms with E-state index >= 15 is 0 Å². The third-order valence-corrected chi connectivity index (χ3v) is 1.66. The molecule has 1 aromatic carbocycles. The molecule has 0 aromatic heterocycles. The summed E-state index contributed by atoms with van der Waals surface area (Å²) in [6.07, 6.45) is 0. The molecule has 0 fully saturated rings. The normalized spacial score (nSPS) is 8.46. The Balaban J connectivity index is 2.76. The lowest BCUT2D eigenvalue weighted by atomic mass is 10.2. The number of carbonyl (C=O) groups is 1. The predicted molar refractivity (Wildman–Crippen MR) is 52.4 cm³/mol. The maximum atomic E-state index is 11.3. The number of nitrogens with one attached hydrogen (secondary N) is 1. The minimum absolute atomic E-state index is 0.217. The quantitative estimate of drug-likeness (QED) is 0.537. The first-order valence-corrected chi connectivity index (χ1v) is 4.09. The molecule has 0 saturated heterocycles. The Bertz CT molecular complexity index is 359. The first kappa shape index (κ1) is 9.63. The van der Waals surface area contributed by atoms with Gasteiger partial charge >= 0.3 is 0 Å². The predicted octanol–water partition coefficient (Wildman–Crippen LogP) is 2.05. The Morgan fingerprint density at radius 2 is 2.00 bits per heavy atom. The van der Waals surface area contributed by atoms with Crippen molar-refractivity contribution in [3.8, 4) is 12.0 Å². The maximum absolute atomic E-state index is 11.3. The van der Waals surface area contributed by atoms with E-state index in [1.807, 2.05) is 0 Å². The van der Waals surface area contributed by atoms with Crippen LogP contribution in [0.4, 0.5) is 0 Å². The summed E-state index contributed by atoms with van der Waals surface area (Å²) in [6.45, 7) is 1.65. The largest absolute Gasteiger partial charge is 0.281 e. The summed E-state index contributed by atoms with van der Waals surface area (Å²) < 4.78 is 0. The fourth-order valence-electron chi connectivity index (χ4n) is 0.793. The average Bonchev–Trinajstić information content (AvgIpc) is 2.15. The van der Waals surface area contributed by atoms with E-state index in [2.05, 4.69) is 17.3 Å². The molecule has 1 N–H and O–H groups in total. The lowest BCUT2D eigenvalue weighted by molar-refractivity contribution is 0.0973. The zero-order valence-electron chi connectivity index (χ0n) is 7.10. The monoisotopic (exact) mass is 193 g/mol. The minimum Gasteiger partial charge on any atom is -0.281 e. The molecule has 1 aromatic rings. The van der Waals surface area contributed by atoms with Crippen molar-refractivity contribution in [2.24, 2.45) is 0 Å². The van der Waals surface area contributed by atoms with Crippen molar-refractivity contribution in [1.29, 1.82) is 0 Å². The molecule has 0 spiro atoms. The lowest BCUT2D eigenvalue weighted by Crippen LogP contribution is -2.17. The van der Waals surface area contributed by atoms with Crippen LogP contribution in [0, 0.1) is 12.0 Å². The van der Waals surface area contributed by atoms with Gasteiger partial charge in [-0.25, -0.2) is 0 Å². The van der Waals surface area contributed by atoms with Crippen LogP contribution in [0.5, 0.6) is 0 Å². The van der Waals surface area contributed by atoms with Gasteiger partial charge in [-0.05, 0) is 31.2 Å². The van der Waals surface area contributed by atoms with Gasteiger partial charge in [0.25, 0.3) is 5.91 Å². The summed E-state index contributed by atoms with van der Waals surface area (Å²) >= 11 is 5.66. The summed E-state index contributed by atoms with van der Waals surface area (Å²) in [5.74, 6) is 2.36. The van der Waals surface area contributed by atoms with Gasteiger partial charge in [0, 0.05) is 16.6 Å². The molecule has 13 heavy (non-hydrogen) atoms. The SMILES string of the molecule is CC#CNC(=O)c1ccc(Cl)cc1. The summed E-state index contributed by atoms with van der Waals surface area (Å²) in [6, 6.07) is 9.10. The first-order chi connectivity index (χ1) is 6.24. The van der Waals surface area contributed by atoms with Gasteiger partial charge in [-0.1, -0.05) is 17.5 Å². The van der Waals surface area contributed by atoms with Gasteiger partial charge in [0.1, 0.15) is 0 Å². The molecule has 0 atom stereocenters. The number of carbonyl (C=O) groups excluding carboxylic acids is 1. The molecule has 1 rings (SSSR count). The highest BCUT2D eigenvalue weighted by Crippen LogP contribution is 2.08. The van der Waals surface area contributed by atoms with E-state index in [-0.39, 0.29) is 5.91 Å². The molecule has 3 heteroatoms. The van der Waals surface area contributed by atoms with E-state index < -0.39 is 0 Å². The highest BCUT2D eigenvalue weighted by molar-refractivity contribution is 6.30. The molecule has 1 amide bonds. The molecule has 0 bridgehead atoms. The number of halogens is 1. The van der Waals surface area contributed by atoms with Crippen LogP contribution in [-0.4, -0.2) is 5.91 Å². The second-order valence-corrected chi connectivity index (χ2v) is 2.77. The van der Waals surface area contributed by atoms with Crippen LogP contribution >= 0.6 is 11.6 Å². The molecule has 66 valence electrons. The van der Waals surface area contributed by atoms with Crippen molar-refractivity contribution >= 4 is 17.5 Å². The van der Waals surface area contributed by atoms with Crippen LogP contribution in [-0.2, 0) is 0 Å². The molecule has 0 aliphatic carbocycles. The average molecular weight is 194 g/mol. The Morgan fingerprint density at radius 3 is 2.54 bits per heavy atom. The summed E-state index contributed by atoms with van der Waals surface area (Å²) in [5.41, 5.74) is 0.548. The fraction of sp³-hybridized carbons (Fsp3) is 0.100. The van der Waals surface area contributed by atoms with Gasteiger partial charge in [0.2, 0.25) is 0 Å². The van der Waals surface area contributed by atoms with Crippen LogP contribution in [0.15, 0.2) is 24.3 Å². The van der Waals surface area contributed by atoms with Crippen molar-refractivity contribution in [2.45, 2.75) is 6.92 Å². The van der Waals surface area contributed by atoms with Gasteiger partial charge in [-0.15, -0.1) is 0 Å². The third kappa shape index (κ3) is 2.81. The van der Waals surface area contributed by atoms with Crippen molar-refractivity contribution in [2.75, 3.05) is 0 Å². The van der Waals surface area contributed by atoms with Crippen LogP contribution < -0.4 is 5.32 Å². The minimum atomic E-state index is -0.217. The smallest absolute Gasteiger partial charge is 0.262 e. The molecule has 0 radical (unpaired) electrons. The number of amides is 1. The van der Waals surface area contributed by atoms with E-state index in [0.29, 0.717) is 10.6 Å². The molecular weight excluding hydrogens is 186 g/mol. The number of rotatable bonds is 1. The van der Waals surface area contributed by atoms with Crippen molar-refractivity contribution in [3.63, 3.8) is 0 Å². The van der Waals surface area contributed by atoms with Crippen LogP contribution in [0.1, 0.15) is 17.3 Å². The second kappa shape index (κ2) is 4.54. The third-order valence-electron chi connectivity index (χ3n) is 1.41. The highest BCUT2D eigenvalue weighted by Gasteiger charge is 2.01. The standard InChI is InChI=1S/C10H8ClNO/c1-2-7-12-10(13)8-3-5-9(11)6-4-8/h3-6H,1H3,(H,12,13). The highest BCUT2D eigenvalue weighted by atomic mass is 35.5. The summed E-state index contributed by atoms with van der Waals surface area (Å²) in [4.78, 5) is 11.3. The van der Waals surface area contributed by atoms with Gasteiger partial charge in [-0.3, -0.25) is 10.1 Å². The van der Waals surface area contributed by atoms with Crippen LogP contribution in [0.25, 0.3) is 0 Å². The Kier molecular flexibility index (Phi) is 3.36. The van der Waals surface area contributed by atoms with Crippen LogP contribution in [0.3, 0.4) is 0 Å². The van der Waals surface area contributed by atoms with Gasteiger partial charge in [0.05, 0.1) is 0 Å². The molecule has 0 saturated carbocycles. The van der Waals surface area contributed by atoms with Gasteiger partial charge in [-0.2, -0.15) is 0 Å². The Morgan fingerprint density at radius 1 is 1.38 bits per heavy atom. The summed E-state index contributed by atoms with van der Waals surface area (Å²) in [7, 11) is 0. The lowest BCUT2D eigenvalue weighted by Gasteiger charge is -1.97. The van der Waals surface area contributed by atoms with E-state index in [1.165, 1.54) is 0 Å². The van der Waals surface area contributed by atoms with E-state index in [0.717, 1.165) is 0 Å². The Labute approximate surface area is 81.9 Å². The van der Waals surface area contributed by atoms with Gasteiger partial charge in [0.15, 0.2) is 0 Å². The molecule has 0 aliphatic rings. The molecule has 0 aliphatic heterocycles. The topological polar surface area (TPSA) is 29.1 Å². The molecule has 0 heterocycles. The molecule has 2 nitrogen and oxygen atoms in total. The number of benzene rings is 1. The number of hydrogen-bond donors (Lipinski definition) is 1. The molecular formula is C10H8ClNO. The van der Waals surface area contributed by atoms with E-state index in [4.69, 9.17) is 11.6 Å². The number of hydrogen-bond acceptors (Lipinski definition) is 1. The molecule has 0 unspecified atom stereocenters. The maximum Gasteiger partial charge on any atom is 0.262 e. The van der Waals surface area contributed by atoms with Crippen molar-refractivity contribution in [3.05, 3.63) is 34.9 Å².